The topological polar surface area (TPSA) is 35.8 Å². The van der Waals surface area contributed by atoms with Crippen LogP contribution in [0.3, 0.4) is 0 Å². The first-order valence-electron chi connectivity index (χ1n) is 8.17. The third-order valence-corrected chi connectivity index (χ3v) is 3.77. The van der Waals surface area contributed by atoms with Crippen molar-refractivity contribution < 1.29 is 4.39 Å². The fourth-order valence-corrected chi connectivity index (χ4v) is 2.49. The van der Waals surface area contributed by atoms with Crippen molar-refractivity contribution in [1.29, 1.82) is 5.26 Å². The van der Waals surface area contributed by atoms with Crippen LogP contribution in [0.1, 0.15) is 70.8 Å². The van der Waals surface area contributed by atoms with E-state index < -0.39 is 0 Å². The number of hydrogen-bond acceptors (Lipinski definition) is 2. The number of nitrogens with one attached hydrogen (secondary N) is 1. The van der Waals surface area contributed by atoms with Gasteiger partial charge in [0, 0.05) is 6.04 Å². The second kappa shape index (κ2) is 10.2. The molecule has 0 aliphatic carbocycles. The summed E-state index contributed by atoms with van der Waals surface area (Å²) in [6, 6.07) is 6.94. The van der Waals surface area contributed by atoms with Crippen LogP contribution < -0.4 is 5.32 Å². The lowest BCUT2D eigenvalue weighted by molar-refractivity contribution is 0.522. The van der Waals surface area contributed by atoms with Gasteiger partial charge in [0.1, 0.15) is 5.82 Å². The number of halogens is 1. The smallest absolute Gasteiger partial charge is 0.147 e. The van der Waals surface area contributed by atoms with Gasteiger partial charge in [-0.05, 0) is 31.0 Å². The van der Waals surface area contributed by atoms with Crippen LogP contribution in [0.2, 0.25) is 0 Å². The van der Waals surface area contributed by atoms with Crippen molar-refractivity contribution >= 4 is 5.69 Å². The van der Waals surface area contributed by atoms with Crippen LogP contribution in [-0.2, 0) is 0 Å². The van der Waals surface area contributed by atoms with Crippen LogP contribution in [0.15, 0.2) is 18.2 Å². The molecule has 0 aromatic heterocycles. The SMILES string of the molecule is CCCCCC(CCCCC)Nc1ccc(C#N)cc1F. The van der Waals surface area contributed by atoms with Crippen LogP contribution in [0, 0.1) is 17.1 Å². The van der Waals surface area contributed by atoms with E-state index in [2.05, 4.69) is 19.2 Å². The zero-order valence-electron chi connectivity index (χ0n) is 13.3. The normalized spacial score (nSPS) is 10.6. The molecule has 2 nitrogen and oxygen atoms in total. The van der Waals surface area contributed by atoms with Gasteiger partial charge in [-0.25, -0.2) is 4.39 Å². The van der Waals surface area contributed by atoms with Crippen LogP contribution in [0.4, 0.5) is 10.1 Å². The van der Waals surface area contributed by atoms with E-state index >= 15 is 0 Å². The van der Waals surface area contributed by atoms with E-state index in [1.165, 1.54) is 44.6 Å². The van der Waals surface area contributed by atoms with Crippen molar-refractivity contribution in [3.05, 3.63) is 29.6 Å². The molecule has 0 fully saturated rings. The predicted molar refractivity (Wildman–Crippen MR) is 86.8 cm³/mol. The van der Waals surface area contributed by atoms with Gasteiger partial charge < -0.3 is 5.32 Å². The van der Waals surface area contributed by atoms with E-state index in [1.54, 1.807) is 12.1 Å². The molecule has 1 aromatic carbocycles. The summed E-state index contributed by atoms with van der Waals surface area (Å²) >= 11 is 0. The zero-order valence-corrected chi connectivity index (χ0v) is 13.3. The summed E-state index contributed by atoms with van der Waals surface area (Å²) in [5.74, 6) is -0.329. The summed E-state index contributed by atoms with van der Waals surface area (Å²) in [5.41, 5.74) is 0.888. The first kappa shape index (κ1) is 17.5. The molecule has 0 aliphatic rings. The van der Waals surface area contributed by atoms with Crippen molar-refractivity contribution in [3.8, 4) is 6.07 Å². The Hall–Kier alpha value is -1.56. The minimum atomic E-state index is -0.329. The second-order valence-corrected chi connectivity index (χ2v) is 5.64. The largest absolute Gasteiger partial charge is 0.380 e. The molecule has 0 heterocycles. The Bertz CT molecular complexity index is 441. The van der Waals surface area contributed by atoms with Crippen molar-refractivity contribution in [2.45, 2.75) is 71.3 Å². The van der Waals surface area contributed by atoms with Gasteiger partial charge in [-0.2, -0.15) is 5.26 Å². The Morgan fingerprint density at radius 1 is 1.10 bits per heavy atom. The molecule has 0 atom stereocenters. The molecule has 116 valence electrons. The van der Waals surface area contributed by atoms with Crippen LogP contribution in [0.5, 0.6) is 0 Å². The number of unbranched alkanes of at least 4 members (excludes halogenated alkanes) is 4. The minimum Gasteiger partial charge on any atom is -0.380 e. The summed E-state index contributed by atoms with van der Waals surface area (Å²) < 4.78 is 14.0. The number of rotatable bonds is 10. The van der Waals surface area contributed by atoms with Gasteiger partial charge in [0.15, 0.2) is 0 Å². The Balaban J connectivity index is 2.63. The molecule has 0 bridgehead atoms. The quantitative estimate of drug-likeness (QED) is 0.566. The van der Waals surface area contributed by atoms with E-state index in [1.807, 2.05) is 6.07 Å². The molecular weight excluding hydrogens is 263 g/mol. The number of benzene rings is 1. The third-order valence-electron chi connectivity index (χ3n) is 3.77. The summed E-state index contributed by atoms with van der Waals surface area (Å²) in [5, 5.41) is 12.1. The molecule has 0 radical (unpaired) electrons. The Morgan fingerprint density at radius 2 is 1.71 bits per heavy atom. The lowest BCUT2D eigenvalue weighted by Crippen LogP contribution is -2.20. The van der Waals surface area contributed by atoms with Gasteiger partial charge in [0.2, 0.25) is 0 Å². The molecule has 0 amide bonds. The maximum Gasteiger partial charge on any atom is 0.147 e. The van der Waals surface area contributed by atoms with E-state index in [0.29, 0.717) is 17.3 Å². The molecule has 0 unspecified atom stereocenters. The minimum absolute atomic E-state index is 0.325. The third kappa shape index (κ3) is 6.62. The summed E-state index contributed by atoms with van der Waals surface area (Å²) in [4.78, 5) is 0. The fraction of sp³-hybridized carbons (Fsp3) is 0.611. The van der Waals surface area contributed by atoms with Crippen LogP contribution in [0.25, 0.3) is 0 Å². The van der Waals surface area contributed by atoms with E-state index in [9.17, 15) is 4.39 Å². The van der Waals surface area contributed by atoms with Crippen LogP contribution >= 0.6 is 0 Å². The van der Waals surface area contributed by atoms with Crippen molar-refractivity contribution in [1.82, 2.24) is 0 Å². The monoisotopic (exact) mass is 290 g/mol. The number of nitriles is 1. The van der Waals surface area contributed by atoms with Crippen molar-refractivity contribution in [2.24, 2.45) is 0 Å². The maximum atomic E-state index is 14.0. The van der Waals surface area contributed by atoms with Gasteiger partial charge in [-0.15, -0.1) is 0 Å². The fourth-order valence-electron chi connectivity index (χ4n) is 2.49. The summed E-state index contributed by atoms with van der Waals surface area (Å²) in [6.07, 6.45) is 9.37. The molecule has 0 saturated carbocycles. The van der Waals surface area contributed by atoms with Gasteiger partial charge >= 0.3 is 0 Å². The van der Waals surface area contributed by atoms with E-state index in [4.69, 9.17) is 5.26 Å². The van der Waals surface area contributed by atoms with E-state index in [0.717, 1.165) is 12.8 Å². The Morgan fingerprint density at radius 3 is 2.19 bits per heavy atom. The number of anilines is 1. The second-order valence-electron chi connectivity index (χ2n) is 5.64. The highest BCUT2D eigenvalue weighted by atomic mass is 19.1. The zero-order chi connectivity index (χ0) is 15.5. The highest BCUT2D eigenvalue weighted by molar-refractivity contribution is 5.49. The Kier molecular flexibility index (Phi) is 8.50. The molecule has 1 rings (SSSR count). The van der Waals surface area contributed by atoms with Gasteiger partial charge in [-0.1, -0.05) is 52.4 Å². The van der Waals surface area contributed by atoms with Gasteiger partial charge in [-0.3, -0.25) is 0 Å². The lowest BCUT2D eigenvalue weighted by atomic mass is 10.0. The lowest BCUT2D eigenvalue weighted by Gasteiger charge is -2.20. The molecule has 1 N–H and O–H groups in total. The summed E-state index contributed by atoms with van der Waals surface area (Å²) in [7, 11) is 0. The number of hydrogen-bond donors (Lipinski definition) is 1. The first-order valence-corrected chi connectivity index (χ1v) is 8.17. The highest BCUT2D eigenvalue weighted by Crippen LogP contribution is 2.20. The van der Waals surface area contributed by atoms with Crippen molar-refractivity contribution in [3.63, 3.8) is 0 Å². The molecule has 3 heteroatoms. The molecule has 0 spiro atoms. The molecule has 0 aliphatic heterocycles. The average molecular weight is 290 g/mol. The summed E-state index contributed by atoms with van der Waals surface area (Å²) in [6.45, 7) is 4.39. The Labute approximate surface area is 128 Å². The number of nitrogens with zero attached hydrogens (tertiary/aromatic N) is 1. The predicted octanol–water partition coefficient (Wildman–Crippen LogP) is 5.64. The van der Waals surface area contributed by atoms with E-state index in [-0.39, 0.29) is 5.82 Å². The average Bonchev–Trinajstić information content (AvgIpc) is 2.49. The molecule has 21 heavy (non-hydrogen) atoms. The van der Waals surface area contributed by atoms with Crippen molar-refractivity contribution in [2.75, 3.05) is 5.32 Å². The van der Waals surface area contributed by atoms with Crippen LogP contribution in [-0.4, -0.2) is 6.04 Å². The first-order chi connectivity index (χ1) is 10.2. The van der Waals surface area contributed by atoms with Gasteiger partial charge in [0.05, 0.1) is 17.3 Å². The van der Waals surface area contributed by atoms with Gasteiger partial charge in [0.25, 0.3) is 0 Å². The highest BCUT2D eigenvalue weighted by Gasteiger charge is 2.11. The molecule has 1 aromatic rings. The molecular formula is C18H27FN2. The maximum absolute atomic E-state index is 14.0. The molecule has 0 saturated heterocycles. The standard InChI is InChI=1S/C18H27FN2/c1-3-5-7-9-16(10-8-6-4-2)21-18-12-11-15(14-20)13-17(18)19/h11-13,16,21H,3-10H2,1-2H3.